The molecule has 6 heteroatoms. The summed E-state index contributed by atoms with van der Waals surface area (Å²) in [5.41, 5.74) is 0.667. The molecule has 0 radical (unpaired) electrons. The van der Waals surface area contributed by atoms with Crippen LogP contribution >= 0.6 is 11.3 Å². The number of nitrogens with zero attached hydrogens (tertiary/aromatic N) is 2. The maximum absolute atomic E-state index is 13.0. The Morgan fingerprint density at radius 2 is 2.35 bits per heavy atom. The van der Waals surface area contributed by atoms with Gasteiger partial charge in [-0.15, -0.1) is 0 Å². The fourth-order valence-electron chi connectivity index (χ4n) is 1.88. The fraction of sp³-hybridized carbons (Fsp3) is 0.273. The van der Waals surface area contributed by atoms with Gasteiger partial charge in [0.1, 0.15) is 5.82 Å². The summed E-state index contributed by atoms with van der Waals surface area (Å²) in [6.45, 7) is 0.265. The molecule has 1 aromatic carbocycles. The molecule has 1 N–H and O–H groups in total. The van der Waals surface area contributed by atoms with Crippen LogP contribution in [0.1, 0.15) is 6.42 Å². The summed E-state index contributed by atoms with van der Waals surface area (Å²) in [6.07, 6.45) is -0.504. The van der Waals surface area contributed by atoms with Gasteiger partial charge in [-0.1, -0.05) is 11.3 Å². The highest BCUT2D eigenvalue weighted by molar-refractivity contribution is 7.22. The van der Waals surface area contributed by atoms with Crippen LogP contribution in [0, 0.1) is 5.82 Å². The van der Waals surface area contributed by atoms with Gasteiger partial charge in [0.2, 0.25) is 5.91 Å². The molecule has 1 atom stereocenters. The first-order chi connectivity index (χ1) is 8.13. The predicted molar refractivity (Wildman–Crippen MR) is 62.6 cm³/mol. The summed E-state index contributed by atoms with van der Waals surface area (Å²) in [5.74, 6) is -0.461. The molecule has 3 rings (SSSR count). The van der Waals surface area contributed by atoms with Crippen molar-refractivity contribution in [3.8, 4) is 0 Å². The zero-order valence-electron chi connectivity index (χ0n) is 8.76. The van der Waals surface area contributed by atoms with Gasteiger partial charge in [0.05, 0.1) is 29.3 Å². The number of β-amino-alcohol motifs (C(OH)–C–C–N with tert-alkyl or cyclic N) is 1. The topological polar surface area (TPSA) is 53.4 Å². The molecule has 1 fully saturated rings. The number of thiazole rings is 1. The van der Waals surface area contributed by atoms with E-state index in [1.54, 1.807) is 6.07 Å². The first kappa shape index (κ1) is 10.6. The van der Waals surface area contributed by atoms with Crippen LogP contribution in [0.15, 0.2) is 18.2 Å². The van der Waals surface area contributed by atoms with Gasteiger partial charge in [0, 0.05) is 0 Å². The third kappa shape index (κ3) is 1.79. The van der Waals surface area contributed by atoms with Crippen LogP contribution in [0.2, 0.25) is 0 Å². The van der Waals surface area contributed by atoms with E-state index in [9.17, 15) is 14.3 Å². The maximum atomic E-state index is 13.0. The molecule has 88 valence electrons. The van der Waals surface area contributed by atoms with Crippen molar-refractivity contribution in [2.75, 3.05) is 11.4 Å². The average molecular weight is 252 g/mol. The lowest BCUT2D eigenvalue weighted by atomic mass is 10.3. The Morgan fingerprint density at radius 1 is 1.53 bits per heavy atom. The van der Waals surface area contributed by atoms with Gasteiger partial charge in [0.25, 0.3) is 0 Å². The number of rotatable bonds is 1. The number of carbonyl (C=O) groups excluding carboxylic acids is 1. The summed E-state index contributed by atoms with van der Waals surface area (Å²) in [7, 11) is 0. The number of anilines is 1. The van der Waals surface area contributed by atoms with Crippen LogP contribution in [0.4, 0.5) is 9.52 Å². The van der Waals surface area contributed by atoms with Crippen molar-refractivity contribution in [3.63, 3.8) is 0 Å². The number of aliphatic hydroxyl groups is 1. The standard InChI is InChI=1S/C11H9FN2O2S/c12-6-1-2-8-9(3-6)17-11(13-8)14-5-7(15)4-10(14)16/h1-3,7,15H,4-5H2. The Bertz CT molecular complexity index is 598. The van der Waals surface area contributed by atoms with Crippen molar-refractivity contribution < 1.29 is 14.3 Å². The number of hydrogen-bond donors (Lipinski definition) is 1. The molecule has 17 heavy (non-hydrogen) atoms. The lowest BCUT2D eigenvalue weighted by molar-refractivity contribution is -0.117. The number of aliphatic hydroxyl groups excluding tert-OH is 1. The molecule has 2 aromatic rings. The van der Waals surface area contributed by atoms with E-state index in [2.05, 4.69) is 4.98 Å². The van der Waals surface area contributed by atoms with Crippen LogP contribution < -0.4 is 4.90 Å². The van der Waals surface area contributed by atoms with E-state index in [0.717, 1.165) is 0 Å². The Balaban J connectivity index is 2.03. The minimum atomic E-state index is -0.633. The van der Waals surface area contributed by atoms with E-state index in [1.165, 1.54) is 28.4 Å². The molecular weight excluding hydrogens is 243 g/mol. The predicted octanol–water partition coefficient (Wildman–Crippen LogP) is 1.53. The minimum absolute atomic E-state index is 0.129. The van der Waals surface area contributed by atoms with Gasteiger partial charge in [-0.05, 0) is 18.2 Å². The summed E-state index contributed by atoms with van der Waals surface area (Å²) < 4.78 is 13.7. The maximum Gasteiger partial charge on any atom is 0.231 e. The monoisotopic (exact) mass is 252 g/mol. The molecule has 0 bridgehead atoms. The molecule has 1 aliphatic rings. The zero-order chi connectivity index (χ0) is 12.0. The highest BCUT2D eigenvalue weighted by atomic mass is 32.1. The van der Waals surface area contributed by atoms with E-state index in [1.807, 2.05) is 0 Å². The second-order valence-corrected chi connectivity index (χ2v) is 4.98. The lowest BCUT2D eigenvalue weighted by Crippen LogP contribution is -2.24. The molecule has 1 aliphatic heterocycles. The van der Waals surface area contributed by atoms with Crippen molar-refractivity contribution in [3.05, 3.63) is 24.0 Å². The van der Waals surface area contributed by atoms with Gasteiger partial charge in [-0.3, -0.25) is 9.69 Å². The highest BCUT2D eigenvalue weighted by Gasteiger charge is 2.31. The molecule has 4 nitrogen and oxygen atoms in total. The zero-order valence-corrected chi connectivity index (χ0v) is 9.58. The largest absolute Gasteiger partial charge is 0.391 e. The summed E-state index contributed by atoms with van der Waals surface area (Å²) >= 11 is 1.26. The van der Waals surface area contributed by atoms with Gasteiger partial charge >= 0.3 is 0 Å². The molecular formula is C11H9FN2O2S. The number of benzene rings is 1. The molecule has 1 amide bonds. The second kappa shape index (κ2) is 3.75. The van der Waals surface area contributed by atoms with E-state index >= 15 is 0 Å². The van der Waals surface area contributed by atoms with Crippen molar-refractivity contribution in [1.29, 1.82) is 0 Å². The van der Waals surface area contributed by atoms with Crippen LogP contribution in [0.3, 0.4) is 0 Å². The number of amides is 1. The first-order valence-corrected chi connectivity index (χ1v) is 5.99. The molecule has 0 aliphatic carbocycles. The third-order valence-electron chi connectivity index (χ3n) is 2.67. The smallest absolute Gasteiger partial charge is 0.231 e. The van der Waals surface area contributed by atoms with Crippen molar-refractivity contribution in [2.45, 2.75) is 12.5 Å². The number of carbonyl (C=O) groups is 1. The molecule has 1 saturated heterocycles. The molecule has 0 spiro atoms. The quantitative estimate of drug-likeness (QED) is 0.837. The minimum Gasteiger partial charge on any atom is -0.391 e. The van der Waals surface area contributed by atoms with Crippen LogP contribution in [0.5, 0.6) is 0 Å². The van der Waals surface area contributed by atoms with E-state index in [-0.39, 0.29) is 24.7 Å². The van der Waals surface area contributed by atoms with Crippen molar-refractivity contribution in [2.24, 2.45) is 0 Å². The third-order valence-corrected chi connectivity index (χ3v) is 3.72. The van der Waals surface area contributed by atoms with Gasteiger partial charge < -0.3 is 5.11 Å². The summed E-state index contributed by atoms with van der Waals surface area (Å²) in [6, 6.07) is 4.32. The Labute approximate surface area is 100 Å². The number of aromatic nitrogens is 1. The number of hydrogen-bond acceptors (Lipinski definition) is 4. The first-order valence-electron chi connectivity index (χ1n) is 5.18. The van der Waals surface area contributed by atoms with Crippen LogP contribution in [0.25, 0.3) is 10.2 Å². The Hall–Kier alpha value is -1.53. The van der Waals surface area contributed by atoms with Gasteiger partial charge in [-0.25, -0.2) is 9.37 Å². The normalized spacial score (nSPS) is 20.5. The number of halogens is 1. The van der Waals surface area contributed by atoms with Crippen molar-refractivity contribution in [1.82, 2.24) is 4.98 Å². The van der Waals surface area contributed by atoms with Crippen LogP contribution in [-0.4, -0.2) is 28.6 Å². The van der Waals surface area contributed by atoms with E-state index in [4.69, 9.17) is 0 Å². The Morgan fingerprint density at radius 3 is 3.06 bits per heavy atom. The fourth-order valence-corrected chi connectivity index (χ4v) is 2.89. The SMILES string of the molecule is O=C1CC(O)CN1c1nc2ccc(F)cc2s1. The Kier molecular flexibility index (Phi) is 2.34. The van der Waals surface area contributed by atoms with Gasteiger partial charge in [0.15, 0.2) is 5.13 Å². The van der Waals surface area contributed by atoms with Gasteiger partial charge in [-0.2, -0.15) is 0 Å². The summed E-state index contributed by atoms with van der Waals surface area (Å²) in [5, 5.41) is 9.93. The number of fused-ring (bicyclic) bond motifs is 1. The highest BCUT2D eigenvalue weighted by Crippen LogP contribution is 2.31. The lowest BCUT2D eigenvalue weighted by Gasteiger charge is -2.10. The van der Waals surface area contributed by atoms with E-state index < -0.39 is 6.10 Å². The second-order valence-electron chi connectivity index (χ2n) is 3.97. The molecule has 1 unspecified atom stereocenters. The summed E-state index contributed by atoms with van der Waals surface area (Å²) in [4.78, 5) is 17.3. The molecule has 0 saturated carbocycles. The van der Waals surface area contributed by atoms with Crippen molar-refractivity contribution >= 4 is 32.6 Å². The van der Waals surface area contributed by atoms with E-state index in [0.29, 0.717) is 15.3 Å². The average Bonchev–Trinajstić information content (AvgIpc) is 2.80. The molecule has 1 aromatic heterocycles. The molecule has 2 heterocycles. The van der Waals surface area contributed by atoms with Crippen LogP contribution in [-0.2, 0) is 4.79 Å².